The molecule has 0 N–H and O–H groups in total. The molecule has 0 atom stereocenters. The molecule has 6 heteroatoms. The third kappa shape index (κ3) is 3.81. The number of rotatable bonds is 3. The molecule has 4 rings (SSSR count). The van der Waals surface area contributed by atoms with Crippen LogP contribution in [-0.2, 0) is 0 Å². The maximum atomic E-state index is 13.0. The fraction of sp³-hybridized carbons (Fsp3) is 0.500. The number of carbonyl (C=O) groups is 1. The Balaban J connectivity index is 1.42. The summed E-state index contributed by atoms with van der Waals surface area (Å²) < 4.78 is 0. The van der Waals surface area contributed by atoms with E-state index in [0.29, 0.717) is 11.6 Å². The third-order valence-corrected chi connectivity index (χ3v) is 5.98. The van der Waals surface area contributed by atoms with Crippen molar-refractivity contribution in [1.82, 2.24) is 14.9 Å². The van der Waals surface area contributed by atoms with Gasteiger partial charge in [-0.25, -0.2) is 9.97 Å². The lowest BCUT2D eigenvalue weighted by molar-refractivity contribution is 0.0740. The van der Waals surface area contributed by atoms with Gasteiger partial charge >= 0.3 is 0 Å². The first-order valence-electron chi connectivity index (χ1n) is 10.3. The Bertz CT molecular complexity index is 839. The first-order chi connectivity index (χ1) is 13.6. The van der Waals surface area contributed by atoms with Crippen molar-refractivity contribution in [3.63, 3.8) is 0 Å². The minimum Gasteiger partial charge on any atom is -0.368 e. The van der Waals surface area contributed by atoms with Gasteiger partial charge in [0, 0.05) is 51.2 Å². The number of amides is 1. The van der Waals surface area contributed by atoms with Crippen LogP contribution in [0.4, 0.5) is 11.6 Å². The predicted octanol–water partition coefficient (Wildman–Crippen LogP) is 3.05. The number of anilines is 2. The van der Waals surface area contributed by atoms with Crippen LogP contribution >= 0.6 is 0 Å². The minimum atomic E-state index is 0.0151. The summed E-state index contributed by atoms with van der Waals surface area (Å²) in [5.41, 5.74) is 4.42. The van der Waals surface area contributed by atoms with Gasteiger partial charge < -0.3 is 14.7 Å². The number of aromatic nitrogens is 2. The molecule has 1 aromatic heterocycles. The topological polar surface area (TPSA) is 52.6 Å². The van der Waals surface area contributed by atoms with Gasteiger partial charge in [0.1, 0.15) is 5.69 Å². The molecule has 0 aliphatic carbocycles. The van der Waals surface area contributed by atoms with E-state index >= 15 is 0 Å². The zero-order chi connectivity index (χ0) is 19.5. The van der Waals surface area contributed by atoms with Crippen LogP contribution in [0.5, 0.6) is 0 Å². The molecule has 1 aromatic carbocycles. The number of aryl methyl sites for hydroxylation is 1. The van der Waals surface area contributed by atoms with E-state index in [0.717, 1.165) is 39.3 Å². The average Bonchev–Trinajstić information content (AvgIpc) is 2.76. The van der Waals surface area contributed by atoms with Crippen LogP contribution in [-0.4, -0.2) is 60.0 Å². The number of hydrogen-bond donors (Lipinski definition) is 0. The number of benzene rings is 1. The second kappa shape index (κ2) is 8.17. The number of piperazine rings is 1. The van der Waals surface area contributed by atoms with E-state index in [9.17, 15) is 4.79 Å². The average molecular weight is 380 g/mol. The van der Waals surface area contributed by atoms with Crippen molar-refractivity contribution in [1.29, 1.82) is 0 Å². The van der Waals surface area contributed by atoms with Gasteiger partial charge in [0.2, 0.25) is 5.95 Å². The molecule has 0 radical (unpaired) electrons. The lowest BCUT2D eigenvalue weighted by atomic mass is 10.1. The molecular formula is C22H29N5O. The van der Waals surface area contributed by atoms with Crippen LogP contribution in [0.25, 0.3) is 0 Å². The molecule has 2 aliphatic heterocycles. The summed E-state index contributed by atoms with van der Waals surface area (Å²) in [5, 5.41) is 0. The zero-order valence-electron chi connectivity index (χ0n) is 16.9. The normalized spacial score (nSPS) is 17.7. The van der Waals surface area contributed by atoms with Crippen molar-refractivity contribution >= 4 is 17.5 Å². The highest BCUT2D eigenvalue weighted by Gasteiger charge is 2.25. The third-order valence-electron chi connectivity index (χ3n) is 5.98. The standard InChI is InChI=1S/C22H29N5O/c1-17-7-6-8-20(18(17)2)25-13-15-26(16-14-25)21(28)19-9-10-23-22(24-19)27-11-4-3-5-12-27/h6-10H,3-5,11-16H2,1-2H3. The second-order valence-electron chi connectivity index (χ2n) is 7.79. The molecule has 3 heterocycles. The Kier molecular flexibility index (Phi) is 5.46. The molecule has 1 amide bonds. The summed E-state index contributed by atoms with van der Waals surface area (Å²) >= 11 is 0. The van der Waals surface area contributed by atoms with Crippen LogP contribution in [0.15, 0.2) is 30.5 Å². The number of carbonyl (C=O) groups excluding carboxylic acids is 1. The molecule has 2 aromatic rings. The van der Waals surface area contributed by atoms with Crippen molar-refractivity contribution in [3.05, 3.63) is 47.3 Å². The summed E-state index contributed by atoms with van der Waals surface area (Å²) in [6, 6.07) is 8.17. The van der Waals surface area contributed by atoms with Crippen LogP contribution in [0.3, 0.4) is 0 Å². The van der Waals surface area contributed by atoms with E-state index < -0.39 is 0 Å². The van der Waals surface area contributed by atoms with Gasteiger partial charge in [-0.2, -0.15) is 0 Å². The fourth-order valence-corrected chi connectivity index (χ4v) is 4.10. The Morgan fingerprint density at radius 1 is 0.893 bits per heavy atom. The van der Waals surface area contributed by atoms with E-state index in [1.807, 2.05) is 4.90 Å². The van der Waals surface area contributed by atoms with Gasteiger partial charge in [-0.3, -0.25) is 4.79 Å². The Labute approximate surface area is 167 Å². The number of hydrogen-bond acceptors (Lipinski definition) is 5. The maximum Gasteiger partial charge on any atom is 0.272 e. The Hall–Kier alpha value is -2.63. The summed E-state index contributed by atoms with van der Waals surface area (Å²) in [6.07, 6.45) is 5.32. The number of piperidine rings is 1. The quantitative estimate of drug-likeness (QED) is 0.820. The van der Waals surface area contributed by atoms with Gasteiger partial charge in [-0.15, -0.1) is 0 Å². The molecule has 0 spiro atoms. The van der Waals surface area contributed by atoms with E-state index in [4.69, 9.17) is 0 Å². The van der Waals surface area contributed by atoms with Crippen LogP contribution in [0, 0.1) is 13.8 Å². The van der Waals surface area contributed by atoms with Crippen molar-refractivity contribution in [2.24, 2.45) is 0 Å². The number of nitrogens with zero attached hydrogens (tertiary/aromatic N) is 5. The summed E-state index contributed by atoms with van der Waals surface area (Å²) in [4.78, 5) is 28.5. The van der Waals surface area contributed by atoms with E-state index in [-0.39, 0.29) is 5.91 Å². The van der Waals surface area contributed by atoms with Crippen molar-refractivity contribution in [3.8, 4) is 0 Å². The minimum absolute atomic E-state index is 0.0151. The van der Waals surface area contributed by atoms with Crippen LogP contribution in [0.1, 0.15) is 40.9 Å². The van der Waals surface area contributed by atoms with Crippen molar-refractivity contribution in [2.45, 2.75) is 33.1 Å². The SMILES string of the molecule is Cc1cccc(N2CCN(C(=O)c3ccnc(N4CCCCC4)n3)CC2)c1C. The molecule has 28 heavy (non-hydrogen) atoms. The Morgan fingerprint density at radius 3 is 2.39 bits per heavy atom. The van der Waals surface area contributed by atoms with Gasteiger partial charge in [-0.1, -0.05) is 12.1 Å². The summed E-state index contributed by atoms with van der Waals surface area (Å²) in [6.45, 7) is 9.40. The highest BCUT2D eigenvalue weighted by Crippen LogP contribution is 2.24. The van der Waals surface area contributed by atoms with Crippen molar-refractivity contribution in [2.75, 3.05) is 49.1 Å². The largest absolute Gasteiger partial charge is 0.368 e. The summed E-state index contributed by atoms with van der Waals surface area (Å²) in [7, 11) is 0. The van der Waals surface area contributed by atoms with Gasteiger partial charge in [0.05, 0.1) is 0 Å². The van der Waals surface area contributed by atoms with E-state index in [1.165, 1.54) is 36.1 Å². The maximum absolute atomic E-state index is 13.0. The molecule has 2 aliphatic rings. The van der Waals surface area contributed by atoms with Crippen LogP contribution in [0.2, 0.25) is 0 Å². The lowest BCUT2D eigenvalue weighted by Crippen LogP contribution is -2.49. The second-order valence-corrected chi connectivity index (χ2v) is 7.79. The first kappa shape index (κ1) is 18.7. The molecule has 2 fully saturated rings. The lowest BCUT2D eigenvalue weighted by Gasteiger charge is -2.37. The van der Waals surface area contributed by atoms with Crippen LogP contribution < -0.4 is 9.80 Å². The Morgan fingerprint density at radius 2 is 1.64 bits per heavy atom. The molecular weight excluding hydrogens is 350 g/mol. The molecule has 6 nitrogen and oxygen atoms in total. The highest BCUT2D eigenvalue weighted by molar-refractivity contribution is 5.92. The molecule has 0 saturated carbocycles. The van der Waals surface area contributed by atoms with Gasteiger partial charge in [0.15, 0.2) is 0 Å². The molecule has 148 valence electrons. The fourth-order valence-electron chi connectivity index (χ4n) is 4.10. The summed E-state index contributed by atoms with van der Waals surface area (Å²) in [5.74, 6) is 0.709. The zero-order valence-corrected chi connectivity index (χ0v) is 16.9. The smallest absolute Gasteiger partial charge is 0.272 e. The molecule has 2 saturated heterocycles. The highest BCUT2D eigenvalue weighted by atomic mass is 16.2. The predicted molar refractivity (Wildman–Crippen MR) is 112 cm³/mol. The van der Waals surface area contributed by atoms with E-state index in [1.54, 1.807) is 12.3 Å². The first-order valence-corrected chi connectivity index (χ1v) is 10.3. The monoisotopic (exact) mass is 379 g/mol. The van der Waals surface area contributed by atoms with Gasteiger partial charge in [-0.05, 0) is 56.4 Å². The van der Waals surface area contributed by atoms with Gasteiger partial charge in [0.25, 0.3) is 5.91 Å². The molecule has 0 bridgehead atoms. The van der Waals surface area contributed by atoms with Crippen molar-refractivity contribution < 1.29 is 4.79 Å². The molecule has 0 unspecified atom stereocenters. The van der Waals surface area contributed by atoms with E-state index in [2.05, 4.69) is 51.8 Å².